The third-order valence-corrected chi connectivity index (χ3v) is 4.09. The summed E-state index contributed by atoms with van der Waals surface area (Å²) in [5.74, 6) is 2.21. The highest BCUT2D eigenvalue weighted by Crippen LogP contribution is 2.22. The van der Waals surface area contributed by atoms with Crippen LogP contribution in [0.15, 0.2) is 52.1 Å². The molecule has 136 valence electrons. The van der Waals surface area contributed by atoms with E-state index >= 15 is 0 Å². The predicted octanol–water partition coefficient (Wildman–Crippen LogP) is 3.39. The fourth-order valence-corrected chi connectivity index (χ4v) is 2.61. The second kappa shape index (κ2) is 7.56. The Morgan fingerprint density at radius 3 is 2.58 bits per heavy atom. The van der Waals surface area contributed by atoms with E-state index in [0.29, 0.717) is 24.9 Å². The zero-order valence-corrected chi connectivity index (χ0v) is 15.7. The summed E-state index contributed by atoms with van der Waals surface area (Å²) in [6, 6.07) is 10.2. The Morgan fingerprint density at radius 1 is 1.08 bits per heavy atom. The van der Waals surface area contributed by atoms with E-state index in [4.69, 9.17) is 4.42 Å². The quantitative estimate of drug-likeness (QED) is 0.557. The van der Waals surface area contributed by atoms with Crippen molar-refractivity contribution in [3.63, 3.8) is 0 Å². The summed E-state index contributed by atoms with van der Waals surface area (Å²) in [4.78, 5) is 13.1. The van der Waals surface area contributed by atoms with Crippen molar-refractivity contribution in [2.75, 3.05) is 7.05 Å². The van der Waals surface area contributed by atoms with Crippen LogP contribution in [0.5, 0.6) is 0 Å². The average Bonchev–Trinajstić information content (AvgIpc) is 3.11. The van der Waals surface area contributed by atoms with Crippen LogP contribution in [-0.2, 0) is 18.5 Å². The first kappa shape index (κ1) is 17.9. The molecule has 1 aromatic carbocycles. The van der Waals surface area contributed by atoms with Crippen LogP contribution in [-0.4, -0.2) is 23.0 Å². The Kier molecular flexibility index (Phi) is 5.21. The molecular formula is C20H25N5O. The minimum atomic E-state index is -0.0491. The SMILES string of the molecule is CN=C(NCc1ncc(C(C)(C)C)o1)NCc1cccc2cccnc12. The number of aromatic nitrogens is 2. The Hall–Kier alpha value is -2.89. The number of pyridine rings is 1. The van der Waals surface area contributed by atoms with E-state index in [1.165, 1.54) is 0 Å². The predicted molar refractivity (Wildman–Crippen MR) is 104 cm³/mol. The molecule has 0 saturated carbocycles. The molecule has 2 N–H and O–H groups in total. The van der Waals surface area contributed by atoms with Crippen LogP contribution in [0.2, 0.25) is 0 Å². The number of fused-ring (bicyclic) bond motifs is 1. The zero-order valence-electron chi connectivity index (χ0n) is 15.7. The van der Waals surface area contributed by atoms with Gasteiger partial charge in [0.1, 0.15) is 5.76 Å². The first-order valence-corrected chi connectivity index (χ1v) is 8.69. The molecule has 0 radical (unpaired) electrons. The second-order valence-corrected chi connectivity index (χ2v) is 7.14. The van der Waals surface area contributed by atoms with Gasteiger partial charge in [0.15, 0.2) is 5.96 Å². The van der Waals surface area contributed by atoms with E-state index < -0.39 is 0 Å². The Labute approximate surface area is 153 Å². The average molecular weight is 351 g/mol. The zero-order chi connectivity index (χ0) is 18.6. The molecule has 0 aliphatic carbocycles. The summed E-state index contributed by atoms with van der Waals surface area (Å²) in [5.41, 5.74) is 2.07. The van der Waals surface area contributed by atoms with Crippen molar-refractivity contribution >= 4 is 16.9 Å². The van der Waals surface area contributed by atoms with E-state index in [2.05, 4.69) is 64.6 Å². The van der Waals surface area contributed by atoms with Gasteiger partial charge in [0.2, 0.25) is 5.89 Å². The van der Waals surface area contributed by atoms with Gasteiger partial charge in [-0.05, 0) is 11.6 Å². The van der Waals surface area contributed by atoms with Crippen molar-refractivity contribution in [2.24, 2.45) is 4.99 Å². The smallest absolute Gasteiger partial charge is 0.213 e. The van der Waals surface area contributed by atoms with Crippen LogP contribution in [0.1, 0.15) is 38.0 Å². The third-order valence-electron chi connectivity index (χ3n) is 4.09. The molecule has 2 heterocycles. The fraction of sp³-hybridized carbons (Fsp3) is 0.350. The first-order valence-electron chi connectivity index (χ1n) is 8.69. The van der Waals surface area contributed by atoms with Crippen LogP contribution in [0.25, 0.3) is 10.9 Å². The van der Waals surface area contributed by atoms with Crippen LogP contribution >= 0.6 is 0 Å². The number of guanidine groups is 1. The van der Waals surface area contributed by atoms with Gasteiger partial charge >= 0.3 is 0 Å². The lowest BCUT2D eigenvalue weighted by Gasteiger charge is -2.13. The molecule has 6 heteroatoms. The maximum absolute atomic E-state index is 5.80. The van der Waals surface area contributed by atoms with E-state index in [9.17, 15) is 0 Å². The molecule has 0 aliphatic heterocycles. The van der Waals surface area contributed by atoms with Crippen molar-refractivity contribution in [3.05, 3.63) is 59.9 Å². The molecule has 0 fully saturated rings. The molecule has 2 aromatic heterocycles. The first-order chi connectivity index (χ1) is 12.5. The number of oxazole rings is 1. The highest BCUT2D eigenvalue weighted by Gasteiger charge is 2.19. The lowest BCUT2D eigenvalue weighted by Crippen LogP contribution is -2.36. The number of hydrogen-bond acceptors (Lipinski definition) is 4. The number of nitrogens with zero attached hydrogens (tertiary/aromatic N) is 3. The van der Waals surface area contributed by atoms with Gasteiger partial charge < -0.3 is 15.1 Å². The maximum atomic E-state index is 5.80. The number of para-hydroxylation sites is 1. The maximum Gasteiger partial charge on any atom is 0.213 e. The number of rotatable bonds is 4. The summed E-state index contributed by atoms with van der Waals surface area (Å²) in [6.45, 7) is 7.41. The molecule has 0 aliphatic rings. The van der Waals surface area contributed by atoms with Crippen LogP contribution < -0.4 is 10.6 Å². The molecule has 0 bridgehead atoms. The highest BCUT2D eigenvalue weighted by atomic mass is 16.4. The minimum absolute atomic E-state index is 0.0491. The minimum Gasteiger partial charge on any atom is -0.443 e. The molecule has 3 rings (SSSR count). The molecule has 26 heavy (non-hydrogen) atoms. The number of nitrogens with one attached hydrogen (secondary N) is 2. The van der Waals surface area contributed by atoms with E-state index in [-0.39, 0.29) is 5.41 Å². The van der Waals surface area contributed by atoms with Crippen molar-refractivity contribution in [1.82, 2.24) is 20.6 Å². The van der Waals surface area contributed by atoms with Gasteiger partial charge in [-0.3, -0.25) is 9.98 Å². The van der Waals surface area contributed by atoms with E-state index in [0.717, 1.165) is 22.2 Å². The van der Waals surface area contributed by atoms with Gasteiger partial charge in [0, 0.05) is 30.6 Å². The summed E-state index contributed by atoms with van der Waals surface area (Å²) >= 11 is 0. The van der Waals surface area contributed by atoms with Crippen molar-refractivity contribution in [3.8, 4) is 0 Å². The number of benzene rings is 1. The van der Waals surface area contributed by atoms with Crippen LogP contribution in [0, 0.1) is 0 Å². The lowest BCUT2D eigenvalue weighted by atomic mass is 9.94. The van der Waals surface area contributed by atoms with Crippen LogP contribution in [0.3, 0.4) is 0 Å². The topological polar surface area (TPSA) is 75.3 Å². The van der Waals surface area contributed by atoms with Gasteiger partial charge in [0.25, 0.3) is 0 Å². The molecule has 3 aromatic rings. The van der Waals surface area contributed by atoms with Gasteiger partial charge in [-0.15, -0.1) is 0 Å². The third kappa shape index (κ3) is 4.20. The summed E-state index contributed by atoms with van der Waals surface area (Å²) in [6.07, 6.45) is 3.60. The normalized spacial score (nSPS) is 12.4. The van der Waals surface area contributed by atoms with Gasteiger partial charge in [0.05, 0.1) is 18.3 Å². The van der Waals surface area contributed by atoms with Gasteiger partial charge in [-0.2, -0.15) is 0 Å². The van der Waals surface area contributed by atoms with E-state index in [1.54, 1.807) is 13.2 Å². The molecule has 0 spiro atoms. The molecular weight excluding hydrogens is 326 g/mol. The van der Waals surface area contributed by atoms with Gasteiger partial charge in [-0.25, -0.2) is 4.98 Å². The Morgan fingerprint density at radius 2 is 1.85 bits per heavy atom. The summed E-state index contributed by atoms with van der Waals surface area (Å²) < 4.78 is 5.80. The van der Waals surface area contributed by atoms with Gasteiger partial charge in [-0.1, -0.05) is 45.0 Å². The summed E-state index contributed by atoms with van der Waals surface area (Å²) in [5, 5.41) is 7.67. The Bertz CT molecular complexity index is 902. The molecule has 0 saturated heterocycles. The monoisotopic (exact) mass is 351 g/mol. The van der Waals surface area contributed by atoms with Crippen molar-refractivity contribution < 1.29 is 4.42 Å². The largest absolute Gasteiger partial charge is 0.443 e. The van der Waals surface area contributed by atoms with Crippen LogP contribution in [0.4, 0.5) is 0 Å². The Balaban J connectivity index is 1.61. The summed E-state index contributed by atoms with van der Waals surface area (Å²) in [7, 11) is 1.74. The van der Waals surface area contributed by atoms with Crippen molar-refractivity contribution in [1.29, 1.82) is 0 Å². The highest BCUT2D eigenvalue weighted by molar-refractivity contribution is 5.83. The second-order valence-electron chi connectivity index (χ2n) is 7.14. The molecule has 0 atom stereocenters. The fourth-order valence-electron chi connectivity index (χ4n) is 2.61. The number of aliphatic imine (C=N–C) groups is 1. The van der Waals surface area contributed by atoms with E-state index in [1.807, 2.05) is 18.3 Å². The molecule has 0 amide bonds. The van der Waals surface area contributed by atoms with Crippen molar-refractivity contribution in [2.45, 2.75) is 39.3 Å². The molecule has 6 nitrogen and oxygen atoms in total. The number of hydrogen-bond donors (Lipinski definition) is 2. The molecule has 0 unspecified atom stereocenters. The lowest BCUT2D eigenvalue weighted by molar-refractivity contribution is 0.379. The standard InChI is InChI=1S/C20H25N5O/c1-20(2,3)16-12-23-17(26-16)13-25-19(21-4)24-11-15-8-5-7-14-9-6-10-22-18(14)15/h5-10,12H,11,13H2,1-4H3,(H2,21,24,25).